The molecule has 0 aliphatic carbocycles. The Morgan fingerprint density at radius 2 is 1.96 bits per heavy atom. The Balaban J connectivity index is 1.78. The Morgan fingerprint density at radius 3 is 2.64 bits per heavy atom. The number of anilines is 1. The summed E-state index contributed by atoms with van der Waals surface area (Å²) in [5.41, 5.74) is 6.53. The second-order valence-corrected chi connectivity index (χ2v) is 7.57. The summed E-state index contributed by atoms with van der Waals surface area (Å²) >= 11 is 0. The third kappa shape index (κ3) is 4.14. The summed E-state index contributed by atoms with van der Waals surface area (Å²) in [6, 6.07) is 12.8. The van der Waals surface area contributed by atoms with Crippen molar-refractivity contribution in [2.75, 3.05) is 11.4 Å². The zero-order valence-corrected chi connectivity index (χ0v) is 16.8. The molecule has 1 aliphatic heterocycles. The predicted octanol–water partition coefficient (Wildman–Crippen LogP) is 4.54. The lowest BCUT2D eigenvalue weighted by Gasteiger charge is -2.42. The lowest BCUT2D eigenvalue weighted by atomic mass is 9.88. The van der Waals surface area contributed by atoms with E-state index in [1.54, 1.807) is 12.1 Å². The molecule has 2 aromatic rings. The summed E-state index contributed by atoms with van der Waals surface area (Å²) in [7, 11) is 0. The van der Waals surface area contributed by atoms with Crippen LogP contribution >= 0.6 is 0 Å². The van der Waals surface area contributed by atoms with E-state index in [9.17, 15) is 9.18 Å². The minimum absolute atomic E-state index is 0.167. The normalized spacial score (nSPS) is 15.3. The molecule has 0 saturated carbocycles. The number of carbonyl (C=O) groups is 1. The molecule has 1 aliphatic rings. The van der Waals surface area contributed by atoms with Crippen LogP contribution in [-0.4, -0.2) is 24.2 Å². The first-order chi connectivity index (χ1) is 13.3. The molecule has 146 valence electrons. The number of hydrogen-bond acceptors (Lipinski definition) is 3. The number of hydrogen-bond donors (Lipinski definition) is 1. The Morgan fingerprint density at radius 1 is 1.25 bits per heavy atom. The molecule has 0 atom stereocenters. The van der Waals surface area contributed by atoms with E-state index in [0.29, 0.717) is 5.56 Å². The third-order valence-electron chi connectivity index (χ3n) is 5.01. The topological polar surface area (TPSA) is 44.7 Å². The van der Waals surface area contributed by atoms with Crippen LogP contribution < -0.4 is 10.3 Å². The van der Waals surface area contributed by atoms with Crippen molar-refractivity contribution >= 4 is 23.4 Å². The van der Waals surface area contributed by atoms with Gasteiger partial charge in [0.1, 0.15) is 5.82 Å². The fourth-order valence-corrected chi connectivity index (χ4v) is 3.79. The molecule has 0 bridgehead atoms. The van der Waals surface area contributed by atoms with Crippen LogP contribution in [0.1, 0.15) is 44.4 Å². The number of halogens is 1. The van der Waals surface area contributed by atoms with Crippen LogP contribution in [0.3, 0.4) is 0 Å². The zero-order valence-electron chi connectivity index (χ0n) is 16.8. The van der Waals surface area contributed by atoms with E-state index >= 15 is 0 Å². The molecule has 0 fully saturated rings. The van der Waals surface area contributed by atoms with Gasteiger partial charge in [-0.25, -0.2) is 9.82 Å². The second-order valence-electron chi connectivity index (χ2n) is 7.57. The summed E-state index contributed by atoms with van der Waals surface area (Å²) in [5, 5.41) is 3.94. The van der Waals surface area contributed by atoms with E-state index in [0.717, 1.165) is 28.9 Å². The molecule has 28 heavy (non-hydrogen) atoms. The SMILES string of the molecule is CCN1c2cc(F)c(/C=N\NC(=O)Cc3ccccc3)cc2C(C)=CC1(C)C. The van der Waals surface area contributed by atoms with Gasteiger partial charge in [-0.15, -0.1) is 0 Å². The van der Waals surface area contributed by atoms with Crippen LogP contribution in [0.5, 0.6) is 0 Å². The summed E-state index contributed by atoms with van der Waals surface area (Å²) < 4.78 is 14.7. The molecule has 0 unspecified atom stereocenters. The Labute approximate surface area is 165 Å². The Kier molecular flexibility index (Phi) is 5.63. The van der Waals surface area contributed by atoms with E-state index in [4.69, 9.17) is 0 Å². The van der Waals surface area contributed by atoms with E-state index < -0.39 is 0 Å². The molecule has 3 rings (SSSR count). The van der Waals surface area contributed by atoms with Crippen molar-refractivity contribution in [3.8, 4) is 0 Å². The molecule has 0 aromatic heterocycles. The van der Waals surface area contributed by atoms with Gasteiger partial charge in [-0.05, 0) is 51.0 Å². The maximum Gasteiger partial charge on any atom is 0.244 e. The Hall–Kier alpha value is -2.95. The molecule has 1 heterocycles. The van der Waals surface area contributed by atoms with Gasteiger partial charge in [-0.3, -0.25) is 4.79 Å². The average Bonchev–Trinajstić information content (AvgIpc) is 2.63. The van der Waals surface area contributed by atoms with Crippen LogP contribution in [0.4, 0.5) is 10.1 Å². The molecule has 5 heteroatoms. The first kappa shape index (κ1) is 19.8. The highest BCUT2D eigenvalue weighted by Crippen LogP contribution is 2.39. The molecular weight excluding hydrogens is 353 g/mol. The molecule has 1 N–H and O–H groups in total. The van der Waals surface area contributed by atoms with Crippen LogP contribution in [-0.2, 0) is 11.2 Å². The highest BCUT2D eigenvalue weighted by atomic mass is 19.1. The van der Waals surface area contributed by atoms with Gasteiger partial charge in [0.25, 0.3) is 0 Å². The highest BCUT2D eigenvalue weighted by molar-refractivity contribution is 5.89. The molecular formula is C23H26FN3O. The van der Waals surface area contributed by atoms with Crippen LogP contribution in [0.2, 0.25) is 0 Å². The van der Waals surface area contributed by atoms with Gasteiger partial charge < -0.3 is 4.90 Å². The van der Waals surface area contributed by atoms with Gasteiger partial charge in [-0.2, -0.15) is 5.10 Å². The number of likely N-dealkylation sites (N-methyl/N-ethyl adjacent to an activating group) is 1. The van der Waals surface area contributed by atoms with Crippen molar-refractivity contribution in [1.29, 1.82) is 0 Å². The van der Waals surface area contributed by atoms with Crippen molar-refractivity contribution in [2.24, 2.45) is 5.10 Å². The molecule has 0 saturated heterocycles. The van der Waals surface area contributed by atoms with Gasteiger partial charge in [0.2, 0.25) is 5.91 Å². The average molecular weight is 379 g/mol. The summed E-state index contributed by atoms with van der Waals surface area (Å²) in [4.78, 5) is 14.2. The number of carbonyl (C=O) groups excluding carboxylic acids is 1. The van der Waals surface area contributed by atoms with Crippen molar-refractivity contribution in [1.82, 2.24) is 5.43 Å². The maximum absolute atomic E-state index is 14.7. The number of hydrazone groups is 1. The van der Waals surface area contributed by atoms with Gasteiger partial charge in [-0.1, -0.05) is 36.4 Å². The molecule has 1 amide bonds. The number of nitrogens with zero attached hydrogens (tertiary/aromatic N) is 2. The van der Waals surface area contributed by atoms with Crippen molar-refractivity contribution in [3.05, 3.63) is 71.0 Å². The fraction of sp³-hybridized carbons (Fsp3) is 0.304. The van der Waals surface area contributed by atoms with E-state index in [1.807, 2.05) is 37.3 Å². The first-order valence-electron chi connectivity index (χ1n) is 9.48. The van der Waals surface area contributed by atoms with Gasteiger partial charge >= 0.3 is 0 Å². The number of allylic oxidation sites excluding steroid dienone is 1. The maximum atomic E-state index is 14.7. The number of rotatable bonds is 5. The minimum atomic E-state index is -0.358. The number of amides is 1. The highest BCUT2D eigenvalue weighted by Gasteiger charge is 2.30. The van der Waals surface area contributed by atoms with Crippen molar-refractivity contribution in [3.63, 3.8) is 0 Å². The monoisotopic (exact) mass is 379 g/mol. The van der Waals surface area contributed by atoms with E-state index in [2.05, 4.69) is 42.3 Å². The molecule has 0 spiro atoms. The van der Waals surface area contributed by atoms with Crippen LogP contribution in [0.25, 0.3) is 5.57 Å². The molecule has 4 nitrogen and oxygen atoms in total. The second kappa shape index (κ2) is 7.97. The van der Waals surface area contributed by atoms with E-state index in [1.165, 1.54) is 6.21 Å². The number of fused-ring (bicyclic) bond motifs is 1. The largest absolute Gasteiger partial charge is 0.363 e. The van der Waals surface area contributed by atoms with Gasteiger partial charge in [0, 0.05) is 23.4 Å². The number of nitrogens with one attached hydrogen (secondary N) is 1. The third-order valence-corrected chi connectivity index (χ3v) is 5.01. The quantitative estimate of drug-likeness (QED) is 0.612. The zero-order chi connectivity index (χ0) is 20.3. The first-order valence-corrected chi connectivity index (χ1v) is 9.48. The van der Waals surface area contributed by atoms with Crippen LogP contribution in [0.15, 0.2) is 53.6 Å². The smallest absolute Gasteiger partial charge is 0.244 e. The summed E-state index contributed by atoms with van der Waals surface area (Å²) in [6.07, 6.45) is 3.79. The van der Waals surface area contributed by atoms with Gasteiger partial charge in [0.15, 0.2) is 0 Å². The lowest BCUT2D eigenvalue weighted by Crippen LogP contribution is -2.45. The van der Waals surface area contributed by atoms with E-state index in [-0.39, 0.29) is 23.7 Å². The molecule has 2 aromatic carbocycles. The summed E-state index contributed by atoms with van der Waals surface area (Å²) in [5.74, 6) is -0.598. The summed E-state index contributed by atoms with van der Waals surface area (Å²) in [6.45, 7) is 9.13. The van der Waals surface area contributed by atoms with Crippen LogP contribution in [0, 0.1) is 5.82 Å². The Bertz CT molecular complexity index is 932. The van der Waals surface area contributed by atoms with Crippen molar-refractivity contribution < 1.29 is 9.18 Å². The predicted molar refractivity (Wildman–Crippen MR) is 113 cm³/mol. The van der Waals surface area contributed by atoms with Gasteiger partial charge in [0.05, 0.1) is 18.2 Å². The fourth-order valence-electron chi connectivity index (χ4n) is 3.79. The molecule has 0 radical (unpaired) electrons. The lowest BCUT2D eigenvalue weighted by molar-refractivity contribution is -0.120. The van der Waals surface area contributed by atoms with Crippen molar-refractivity contribution in [2.45, 2.75) is 39.7 Å². The minimum Gasteiger partial charge on any atom is -0.363 e. The standard InChI is InChI=1S/C23H26FN3O/c1-5-27-21-13-20(24)18(12-19(21)16(2)14-23(27,3)4)15-25-26-22(28)11-17-9-7-6-8-10-17/h6-10,12-15H,5,11H2,1-4H3,(H,26,28)/b25-15-. The number of benzene rings is 2.